The number of piperidine rings is 1. The third-order valence-corrected chi connectivity index (χ3v) is 11.2. The van der Waals surface area contributed by atoms with E-state index >= 15 is 4.39 Å². The van der Waals surface area contributed by atoms with Crippen LogP contribution in [-0.4, -0.2) is 114 Å². The Bertz CT molecular complexity index is 1500. The molecule has 0 radical (unpaired) electrons. The van der Waals surface area contributed by atoms with Gasteiger partial charge in [-0.2, -0.15) is 13.2 Å². The highest BCUT2D eigenvalue weighted by atomic mass is 19.4. The van der Waals surface area contributed by atoms with Gasteiger partial charge in [0.1, 0.15) is 5.75 Å². The molecule has 0 bridgehead atoms. The van der Waals surface area contributed by atoms with Crippen molar-refractivity contribution >= 4 is 17.6 Å². The summed E-state index contributed by atoms with van der Waals surface area (Å²) >= 11 is 0. The summed E-state index contributed by atoms with van der Waals surface area (Å²) in [5.74, 6) is -2.01. The van der Waals surface area contributed by atoms with E-state index in [0.717, 1.165) is 18.9 Å². The fraction of sp³-hybridized carbons (Fsp3) is 0.622. The summed E-state index contributed by atoms with van der Waals surface area (Å²) in [4.78, 5) is 32.3. The lowest BCUT2D eigenvalue weighted by Gasteiger charge is -2.35. The third kappa shape index (κ3) is 7.32. The second-order valence-electron chi connectivity index (χ2n) is 14.0. The molecule has 0 aliphatic carbocycles. The topological polar surface area (TPSA) is 80.8 Å². The molecule has 274 valence electrons. The van der Waals surface area contributed by atoms with Crippen LogP contribution in [0.2, 0.25) is 0 Å². The van der Waals surface area contributed by atoms with Crippen LogP contribution in [0.25, 0.3) is 0 Å². The van der Waals surface area contributed by atoms with Crippen molar-refractivity contribution in [2.24, 2.45) is 11.8 Å². The molecular formula is C37H47F4N3O6. The molecular weight excluding hydrogens is 658 g/mol. The largest absolute Gasteiger partial charge is 0.497 e. The lowest BCUT2D eigenvalue weighted by atomic mass is 9.85. The normalized spacial score (nSPS) is 27.1. The lowest BCUT2D eigenvalue weighted by molar-refractivity contribution is -0.146. The number of halogens is 4. The average molecular weight is 706 g/mol. The number of alkyl halides is 4. The number of anilines is 1. The fourth-order valence-corrected chi connectivity index (χ4v) is 8.47. The average Bonchev–Trinajstić information content (AvgIpc) is 3.72. The highest BCUT2D eigenvalue weighted by Gasteiger charge is 2.57. The molecule has 9 nitrogen and oxygen atoms in total. The highest BCUT2D eigenvalue weighted by molar-refractivity contribution is 5.88. The number of methoxy groups -OCH3 is 3. The molecule has 1 amide bonds. The first-order valence-electron chi connectivity index (χ1n) is 17.4. The first-order chi connectivity index (χ1) is 24.0. The van der Waals surface area contributed by atoms with Gasteiger partial charge in [0.15, 0.2) is 0 Å². The summed E-state index contributed by atoms with van der Waals surface area (Å²) in [5, 5.41) is 0. The number of rotatable bonds is 9. The van der Waals surface area contributed by atoms with Crippen molar-refractivity contribution in [1.82, 2.24) is 9.80 Å². The number of nitrogens with zero attached hydrogens (tertiary/aromatic N) is 3. The molecule has 6 rings (SSSR count). The van der Waals surface area contributed by atoms with Gasteiger partial charge in [-0.1, -0.05) is 18.2 Å². The molecule has 4 heterocycles. The first-order valence-corrected chi connectivity index (χ1v) is 17.4. The number of amides is 1. The minimum Gasteiger partial charge on any atom is -0.497 e. The van der Waals surface area contributed by atoms with Crippen molar-refractivity contribution in [3.63, 3.8) is 0 Å². The summed E-state index contributed by atoms with van der Waals surface area (Å²) in [6.07, 6.45) is -2.15. The summed E-state index contributed by atoms with van der Waals surface area (Å²) in [6, 6.07) is 11.0. The van der Waals surface area contributed by atoms with E-state index in [1.165, 1.54) is 19.2 Å². The molecule has 0 unspecified atom stereocenters. The van der Waals surface area contributed by atoms with E-state index < -0.39 is 35.2 Å². The summed E-state index contributed by atoms with van der Waals surface area (Å²) in [6.45, 7) is 2.84. The van der Waals surface area contributed by atoms with Crippen molar-refractivity contribution in [1.29, 1.82) is 0 Å². The molecule has 0 aromatic heterocycles. The van der Waals surface area contributed by atoms with Crippen molar-refractivity contribution < 1.29 is 46.1 Å². The van der Waals surface area contributed by atoms with Gasteiger partial charge in [-0.3, -0.25) is 14.5 Å². The van der Waals surface area contributed by atoms with Gasteiger partial charge in [-0.15, -0.1) is 0 Å². The smallest absolute Gasteiger partial charge is 0.416 e. The molecule has 0 spiro atoms. The zero-order valence-corrected chi connectivity index (χ0v) is 28.9. The van der Waals surface area contributed by atoms with Crippen molar-refractivity contribution in [2.75, 3.05) is 85.3 Å². The van der Waals surface area contributed by atoms with E-state index in [4.69, 9.17) is 18.9 Å². The zero-order chi connectivity index (χ0) is 35.6. The molecule has 4 fully saturated rings. The molecule has 4 saturated heterocycles. The minimum atomic E-state index is -4.56. The van der Waals surface area contributed by atoms with Gasteiger partial charge in [0.25, 0.3) is 5.91 Å². The van der Waals surface area contributed by atoms with Crippen LogP contribution < -0.4 is 9.64 Å². The van der Waals surface area contributed by atoms with Gasteiger partial charge in [0.2, 0.25) is 5.67 Å². The summed E-state index contributed by atoms with van der Waals surface area (Å²) in [5.41, 5.74) is -1.22. The zero-order valence-electron chi connectivity index (χ0n) is 28.9. The van der Waals surface area contributed by atoms with Gasteiger partial charge in [0, 0.05) is 89.1 Å². The molecule has 13 heteroatoms. The summed E-state index contributed by atoms with van der Waals surface area (Å²) in [7, 11) is 4.44. The molecule has 2 aromatic carbocycles. The maximum Gasteiger partial charge on any atom is 0.416 e. The number of hydrogen-bond donors (Lipinski definition) is 0. The fourth-order valence-electron chi connectivity index (χ4n) is 8.47. The molecule has 0 saturated carbocycles. The van der Waals surface area contributed by atoms with E-state index in [9.17, 15) is 22.8 Å². The standard InChI is InChI=1S/C37H47F4N3O6/c1-47-22-26-19-43(20-31(26)30-9-6-27(37(39,40)41)18-33(30)42-14-10-25(11-15-42)34(45)49-3)35(46)36(38)23-44(28-12-16-50-17-13-28)21-32(36)24-4-7-29(48-2)8-5-24/h4-9,18,25-26,28,31-32H,10-17,19-23H2,1-3H3/t26-,31+,32+,36+/m1/s1. The molecule has 50 heavy (non-hydrogen) atoms. The molecule has 4 aliphatic heterocycles. The Kier molecular flexibility index (Phi) is 10.9. The van der Waals surface area contributed by atoms with E-state index in [1.54, 1.807) is 31.3 Å². The number of ether oxygens (including phenoxy) is 4. The lowest BCUT2D eigenvalue weighted by Crippen LogP contribution is -2.50. The SMILES string of the molecule is COC[C@H]1CN(C(=O)[C@]2(F)CN(C3CCOCC3)C[C@H]2c2ccc(OC)cc2)C[C@@H]1c1ccc(C(F)(F)F)cc1N1CCC(C(=O)OC)CC1. The first kappa shape index (κ1) is 36.4. The highest BCUT2D eigenvalue weighted by Crippen LogP contribution is 2.46. The molecule has 4 atom stereocenters. The Morgan fingerprint density at radius 3 is 2.26 bits per heavy atom. The Balaban J connectivity index is 1.31. The number of likely N-dealkylation sites (tertiary alicyclic amines) is 2. The van der Waals surface area contributed by atoms with Crippen molar-refractivity contribution in [3.05, 3.63) is 59.2 Å². The number of hydrogen-bond acceptors (Lipinski definition) is 8. The second-order valence-corrected chi connectivity index (χ2v) is 14.0. The number of esters is 1. The molecule has 0 N–H and O–H groups in total. The molecule has 2 aromatic rings. The Morgan fingerprint density at radius 1 is 0.940 bits per heavy atom. The van der Waals surface area contributed by atoms with Gasteiger partial charge < -0.3 is 28.7 Å². The van der Waals surface area contributed by atoms with E-state index in [1.807, 2.05) is 17.0 Å². The Hall–Kier alpha value is -3.42. The summed E-state index contributed by atoms with van der Waals surface area (Å²) < 4.78 is 81.1. The Labute approximate surface area is 290 Å². The van der Waals surface area contributed by atoms with Crippen LogP contribution in [0.5, 0.6) is 5.75 Å². The number of benzene rings is 2. The van der Waals surface area contributed by atoms with Gasteiger partial charge in [0.05, 0.1) is 32.3 Å². The van der Waals surface area contributed by atoms with Crippen LogP contribution in [-0.2, 0) is 30.0 Å². The molecule has 4 aliphatic rings. The van der Waals surface area contributed by atoms with Crippen LogP contribution >= 0.6 is 0 Å². The van der Waals surface area contributed by atoms with E-state index in [0.29, 0.717) is 68.3 Å². The van der Waals surface area contributed by atoms with Crippen LogP contribution in [0.4, 0.5) is 23.2 Å². The Morgan fingerprint density at radius 2 is 1.64 bits per heavy atom. The van der Waals surface area contributed by atoms with Gasteiger partial charge >= 0.3 is 12.1 Å². The number of carbonyl (C=O) groups is 2. The predicted molar refractivity (Wildman–Crippen MR) is 178 cm³/mol. The van der Waals surface area contributed by atoms with E-state index in [2.05, 4.69) is 4.90 Å². The minimum absolute atomic E-state index is 0.0516. The van der Waals surface area contributed by atoms with Gasteiger partial charge in [-0.25, -0.2) is 4.39 Å². The van der Waals surface area contributed by atoms with Gasteiger partial charge in [-0.05, 0) is 61.1 Å². The third-order valence-electron chi connectivity index (χ3n) is 11.2. The monoisotopic (exact) mass is 705 g/mol. The maximum atomic E-state index is 17.7. The maximum absolute atomic E-state index is 17.7. The quantitative estimate of drug-likeness (QED) is 0.258. The van der Waals surface area contributed by atoms with Crippen molar-refractivity contribution in [2.45, 2.75) is 55.4 Å². The van der Waals surface area contributed by atoms with Crippen LogP contribution in [0.1, 0.15) is 54.2 Å². The van der Waals surface area contributed by atoms with Crippen LogP contribution in [0, 0.1) is 11.8 Å². The van der Waals surface area contributed by atoms with Crippen molar-refractivity contribution in [3.8, 4) is 5.75 Å². The van der Waals surface area contributed by atoms with E-state index in [-0.39, 0.29) is 50.1 Å². The van der Waals surface area contributed by atoms with Crippen LogP contribution in [0.15, 0.2) is 42.5 Å². The second kappa shape index (κ2) is 15.1. The predicted octanol–water partition coefficient (Wildman–Crippen LogP) is 5.28. The number of carbonyl (C=O) groups excluding carboxylic acids is 2. The van der Waals surface area contributed by atoms with Crippen LogP contribution in [0.3, 0.4) is 0 Å².